The van der Waals surface area contributed by atoms with Gasteiger partial charge in [0.1, 0.15) is 10.8 Å². The SMILES string of the molecule is CCNC(C)c1sc(-c2ccc(OC)cc2)nc1C. The molecule has 1 aromatic heterocycles. The number of nitrogens with zero attached hydrogens (tertiary/aromatic N) is 1. The summed E-state index contributed by atoms with van der Waals surface area (Å²) < 4.78 is 5.18. The van der Waals surface area contributed by atoms with Crippen LogP contribution < -0.4 is 10.1 Å². The summed E-state index contributed by atoms with van der Waals surface area (Å²) in [5, 5.41) is 4.51. The molecule has 0 saturated carbocycles. The first kappa shape index (κ1) is 14.0. The molecule has 1 heterocycles. The maximum absolute atomic E-state index is 5.18. The molecule has 0 aliphatic rings. The Hall–Kier alpha value is -1.39. The molecule has 19 heavy (non-hydrogen) atoms. The smallest absolute Gasteiger partial charge is 0.123 e. The number of methoxy groups -OCH3 is 1. The Balaban J connectivity index is 2.27. The quantitative estimate of drug-likeness (QED) is 0.902. The molecule has 1 unspecified atom stereocenters. The number of aromatic nitrogens is 1. The molecule has 0 bridgehead atoms. The van der Waals surface area contributed by atoms with Crippen LogP contribution in [0.4, 0.5) is 0 Å². The van der Waals surface area contributed by atoms with E-state index in [-0.39, 0.29) is 0 Å². The van der Waals surface area contributed by atoms with Crippen LogP contribution in [0, 0.1) is 6.92 Å². The number of benzene rings is 1. The van der Waals surface area contributed by atoms with E-state index in [9.17, 15) is 0 Å². The van der Waals surface area contributed by atoms with Crippen molar-refractivity contribution in [2.75, 3.05) is 13.7 Å². The lowest BCUT2D eigenvalue weighted by Gasteiger charge is -2.09. The van der Waals surface area contributed by atoms with Gasteiger partial charge in [-0.25, -0.2) is 4.98 Å². The Morgan fingerprint density at radius 3 is 2.58 bits per heavy atom. The third-order valence-electron chi connectivity index (χ3n) is 3.07. The van der Waals surface area contributed by atoms with E-state index in [0.29, 0.717) is 6.04 Å². The topological polar surface area (TPSA) is 34.1 Å². The van der Waals surface area contributed by atoms with Gasteiger partial charge in [0.25, 0.3) is 0 Å². The second kappa shape index (κ2) is 6.17. The third kappa shape index (κ3) is 3.14. The van der Waals surface area contributed by atoms with Crippen LogP contribution >= 0.6 is 11.3 Å². The zero-order chi connectivity index (χ0) is 13.8. The molecule has 0 aliphatic carbocycles. The van der Waals surface area contributed by atoms with Crippen LogP contribution in [0.3, 0.4) is 0 Å². The molecule has 1 N–H and O–H groups in total. The summed E-state index contributed by atoms with van der Waals surface area (Å²) >= 11 is 1.76. The van der Waals surface area contributed by atoms with Crippen molar-refractivity contribution in [1.82, 2.24) is 10.3 Å². The van der Waals surface area contributed by atoms with Gasteiger partial charge >= 0.3 is 0 Å². The highest BCUT2D eigenvalue weighted by Crippen LogP contribution is 2.32. The van der Waals surface area contributed by atoms with E-state index < -0.39 is 0 Å². The van der Waals surface area contributed by atoms with Crippen LogP contribution in [0.2, 0.25) is 0 Å². The van der Waals surface area contributed by atoms with E-state index in [2.05, 4.69) is 43.2 Å². The Morgan fingerprint density at radius 2 is 2.00 bits per heavy atom. The fourth-order valence-electron chi connectivity index (χ4n) is 2.07. The van der Waals surface area contributed by atoms with Crippen molar-refractivity contribution >= 4 is 11.3 Å². The molecule has 1 aromatic carbocycles. The molecule has 2 aromatic rings. The molecule has 1 atom stereocenters. The Bertz CT molecular complexity index is 534. The molecular formula is C15H20N2OS. The molecule has 102 valence electrons. The van der Waals surface area contributed by atoms with Gasteiger partial charge in [-0.2, -0.15) is 0 Å². The van der Waals surface area contributed by atoms with Gasteiger partial charge in [-0.1, -0.05) is 6.92 Å². The predicted octanol–water partition coefficient (Wildman–Crippen LogP) is 3.80. The summed E-state index contributed by atoms with van der Waals surface area (Å²) in [5.74, 6) is 0.873. The lowest BCUT2D eigenvalue weighted by atomic mass is 10.2. The van der Waals surface area contributed by atoms with Crippen molar-refractivity contribution in [2.24, 2.45) is 0 Å². The number of hydrogen-bond donors (Lipinski definition) is 1. The molecule has 3 nitrogen and oxygen atoms in total. The summed E-state index contributed by atoms with van der Waals surface area (Å²) in [5.41, 5.74) is 2.26. The van der Waals surface area contributed by atoms with E-state index in [1.165, 1.54) is 4.88 Å². The molecule has 0 spiro atoms. The number of nitrogens with one attached hydrogen (secondary N) is 1. The predicted molar refractivity (Wildman–Crippen MR) is 80.9 cm³/mol. The Morgan fingerprint density at radius 1 is 1.32 bits per heavy atom. The normalized spacial score (nSPS) is 12.4. The lowest BCUT2D eigenvalue weighted by Crippen LogP contribution is -2.17. The van der Waals surface area contributed by atoms with Gasteiger partial charge in [-0.05, 0) is 44.7 Å². The number of hydrogen-bond acceptors (Lipinski definition) is 4. The van der Waals surface area contributed by atoms with Crippen LogP contribution in [0.1, 0.15) is 30.5 Å². The molecule has 0 amide bonds. The maximum Gasteiger partial charge on any atom is 0.123 e. The van der Waals surface area contributed by atoms with Gasteiger partial charge in [-0.15, -0.1) is 11.3 Å². The first-order chi connectivity index (χ1) is 9.15. The highest BCUT2D eigenvalue weighted by molar-refractivity contribution is 7.15. The van der Waals surface area contributed by atoms with E-state index in [0.717, 1.165) is 28.6 Å². The van der Waals surface area contributed by atoms with E-state index >= 15 is 0 Å². The summed E-state index contributed by atoms with van der Waals surface area (Å²) in [6, 6.07) is 8.41. The number of ether oxygens (including phenoxy) is 1. The second-order valence-electron chi connectivity index (χ2n) is 4.48. The number of rotatable bonds is 5. The van der Waals surface area contributed by atoms with Crippen molar-refractivity contribution in [1.29, 1.82) is 0 Å². The minimum atomic E-state index is 0.356. The van der Waals surface area contributed by atoms with Crippen LogP contribution in [0.25, 0.3) is 10.6 Å². The highest BCUT2D eigenvalue weighted by Gasteiger charge is 2.14. The molecular weight excluding hydrogens is 256 g/mol. The fourth-order valence-corrected chi connectivity index (χ4v) is 3.16. The van der Waals surface area contributed by atoms with Crippen molar-refractivity contribution < 1.29 is 4.74 Å². The van der Waals surface area contributed by atoms with Crippen molar-refractivity contribution in [3.63, 3.8) is 0 Å². The summed E-state index contributed by atoms with van der Waals surface area (Å²) in [4.78, 5) is 5.99. The minimum Gasteiger partial charge on any atom is -0.497 e. The van der Waals surface area contributed by atoms with E-state index in [1.807, 2.05) is 12.1 Å². The first-order valence-corrected chi connectivity index (χ1v) is 7.32. The number of thiazole rings is 1. The second-order valence-corrected chi connectivity index (χ2v) is 5.51. The number of aryl methyl sites for hydroxylation is 1. The fraction of sp³-hybridized carbons (Fsp3) is 0.400. The lowest BCUT2D eigenvalue weighted by molar-refractivity contribution is 0.415. The van der Waals surface area contributed by atoms with Crippen LogP contribution in [0.15, 0.2) is 24.3 Å². The zero-order valence-corrected chi connectivity index (χ0v) is 12.7. The van der Waals surface area contributed by atoms with Crippen molar-refractivity contribution in [3.05, 3.63) is 34.8 Å². The molecule has 0 radical (unpaired) electrons. The molecule has 4 heteroatoms. The van der Waals surface area contributed by atoms with Gasteiger partial charge in [0.2, 0.25) is 0 Å². The third-order valence-corrected chi connectivity index (χ3v) is 4.46. The maximum atomic E-state index is 5.18. The summed E-state index contributed by atoms with van der Waals surface area (Å²) in [7, 11) is 1.68. The average Bonchev–Trinajstić information content (AvgIpc) is 2.81. The summed E-state index contributed by atoms with van der Waals surface area (Å²) in [6.07, 6.45) is 0. The molecule has 0 fully saturated rings. The zero-order valence-electron chi connectivity index (χ0n) is 11.9. The standard InChI is InChI=1S/C15H20N2OS/c1-5-16-10(2)14-11(3)17-15(19-14)12-6-8-13(18-4)9-7-12/h6-10,16H,5H2,1-4H3. The van der Waals surface area contributed by atoms with Gasteiger partial charge in [0.15, 0.2) is 0 Å². The highest BCUT2D eigenvalue weighted by atomic mass is 32.1. The van der Waals surface area contributed by atoms with Crippen molar-refractivity contribution in [2.45, 2.75) is 26.8 Å². The van der Waals surface area contributed by atoms with Crippen molar-refractivity contribution in [3.8, 4) is 16.3 Å². The van der Waals surface area contributed by atoms with Gasteiger partial charge < -0.3 is 10.1 Å². The Labute approximate surface area is 118 Å². The molecule has 0 saturated heterocycles. The van der Waals surface area contributed by atoms with Gasteiger partial charge in [-0.3, -0.25) is 0 Å². The van der Waals surface area contributed by atoms with Gasteiger partial charge in [0.05, 0.1) is 12.8 Å². The molecule has 2 rings (SSSR count). The first-order valence-electron chi connectivity index (χ1n) is 6.50. The monoisotopic (exact) mass is 276 g/mol. The van der Waals surface area contributed by atoms with Crippen LogP contribution in [-0.2, 0) is 0 Å². The summed E-state index contributed by atoms with van der Waals surface area (Å²) in [6.45, 7) is 7.35. The molecule has 0 aliphatic heterocycles. The van der Waals surface area contributed by atoms with Crippen LogP contribution in [0.5, 0.6) is 5.75 Å². The minimum absolute atomic E-state index is 0.356. The Kier molecular flexibility index (Phi) is 4.56. The van der Waals surface area contributed by atoms with E-state index in [1.54, 1.807) is 18.4 Å². The largest absolute Gasteiger partial charge is 0.497 e. The average molecular weight is 276 g/mol. The van der Waals surface area contributed by atoms with E-state index in [4.69, 9.17) is 4.74 Å². The van der Waals surface area contributed by atoms with Gasteiger partial charge in [0, 0.05) is 16.5 Å². The van der Waals surface area contributed by atoms with Crippen LogP contribution in [-0.4, -0.2) is 18.6 Å².